The Labute approximate surface area is 169 Å². The molecule has 1 aliphatic heterocycles. The highest BCUT2D eigenvalue weighted by Gasteiger charge is 2.45. The zero-order valence-corrected chi connectivity index (χ0v) is 17.0. The molecular weight excluding hydrogens is 362 g/mol. The largest absolute Gasteiger partial charge is 0.384 e. The average Bonchev–Trinajstić information content (AvgIpc) is 2.70. The summed E-state index contributed by atoms with van der Waals surface area (Å²) in [5.41, 5.74) is 10.0. The average molecular weight is 396 g/mol. The molecule has 1 unspecified atom stereocenters. The van der Waals surface area contributed by atoms with E-state index >= 15 is 0 Å². The molecule has 0 spiro atoms. The Balaban J connectivity index is 0.00000210. The molecule has 4 aliphatic rings. The summed E-state index contributed by atoms with van der Waals surface area (Å²) in [4.78, 5) is 0. The normalized spacial score (nSPS) is 35.1. The zero-order valence-electron chi connectivity index (χ0n) is 16.2. The quantitative estimate of drug-likeness (QED) is 0.662. The molecule has 0 radical (unpaired) electrons. The van der Waals surface area contributed by atoms with Crippen molar-refractivity contribution >= 4 is 12.4 Å². The molecule has 4 N–H and O–H groups in total. The Bertz CT molecular complexity index is 627. The van der Waals surface area contributed by atoms with Gasteiger partial charge in [0.2, 0.25) is 5.79 Å². The van der Waals surface area contributed by atoms with Crippen molar-refractivity contribution in [3.8, 4) is 0 Å². The van der Waals surface area contributed by atoms with E-state index in [4.69, 9.17) is 10.5 Å². The summed E-state index contributed by atoms with van der Waals surface area (Å²) in [5, 5.41) is 22.3. The van der Waals surface area contributed by atoms with Crippen LogP contribution in [0.25, 0.3) is 0 Å². The monoisotopic (exact) mass is 395 g/mol. The highest BCUT2D eigenvalue weighted by atomic mass is 35.5. The van der Waals surface area contributed by atoms with Crippen LogP contribution in [0.2, 0.25) is 0 Å². The first-order valence-electron chi connectivity index (χ1n) is 10.5. The molecule has 3 aliphatic carbocycles. The predicted molar refractivity (Wildman–Crippen MR) is 110 cm³/mol. The van der Waals surface area contributed by atoms with Crippen LogP contribution >= 0.6 is 12.4 Å². The van der Waals surface area contributed by atoms with E-state index < -0.39 is 11.9 Å². The minimum Gasteiger partial charge on any atom is -0.384 e. The second kappa shape index (κ2) is 8.79. The maximum atomic E-state index is 11.2. The van der Waals surface area contributed by atoms with Gasteiger partial charge in [-0.3, -0.25) is 0 Å². The lowest BCUT2D eigenvalue weighted by Gasteiger charge is -2.45. The third-order valence-corrected chi connectivity index (χ3v) is 6.91. The van der Waals surface area contributed by atoms with Crippen molar-refractivity contribution in [2.45, 2.75) is 88.6 Å². The Morgan fingerprint density at radius 3 is 2.37 bits per heavy atom. The van der Waals surface area contributed by atoms with Crippen LogP contribution in [0.1, 0.15) is 70.6 Å². The molecule has 0 aromatic rings. The SMILES string of the molecule is Cl.NC[C@@]1(O)O[C@@H](C2CCCCC2)CC2=C1C=CC(=C1CCCCC1)C2O. The number of hydrogen-bond acceptors (Lipinski definition) is 4. The molecule has 0 saturated heterocycles. The molecule has 0 amide bonds. The highest BCUT2D eigenvalue weighted by molar-refractivity contribution is 5.85. The summed E-state index contributed by atoms with van der Waals surface area (Å²) in [6, 6.07) is 0. The van der Waals surface area contributed by atoms with E-state index in [2.05, 4.69) is 0 Å². The number of aliphatic hydroxyl groups is 2. The number of aliphatic hydroxyl groups excluding tert-OH is 1. The molecular formula is C22H34ClNO3. The van der Waals surface area contributed by atoms with Gasteiger partial charge < -0.3 is 20.7 Å². The van der Waals surface area contributed by atoms with Gasteiger partial charge in [0.15, 0.2) is 0 Å². The van der Waals surface area contributed by atoms with E-state index in [9.17, 15) is 10.2 Å². The van der Waals surface area contributed by atoms with E-state index in [-0.39, 0.29) is 25.1 Å². The second-order valence-corrected chi connectivity index (χ2v) is 8.54. The number of allylic oxidation sites excluding steroid dienone is 1. The van der Waals surface area contributed by atoms with E-state index in [0.29, 0.717) is 17.9 Å². The van der Waals surface area contributed by atoms with E-state index in [1.807, 2.05) is 12.2 Å². The van der Waals surface area contributed by atoms with Crippen LogP contribution in [0.4, 0.5) is 0 Å². The smallest absolute Gasteiger partial charge is 0.205 e. The maximum absolute atomic E-state index is 11.2. The van der Waals surface area contributed by atoms with Crippen molar-refractivity contribution in [3.05, 3.63) is 34.4 Å². The second-order valence-electron chi connectivity index (χ2n) is 8.54. The Kier molecular flexibility index (Phi) is 6.86. The fraction of sp³-hybridized carbons (Fsp3) is 0.727. The fourth-order valence-corrected chi connectivity index (χ4v) is 5.39. The lowest BCUT2D eigenvalue weighted by molar-refractivity contribution is -0.218. The molecule has 152 valence electrons. The molecule has 0 aromatic heterocycles. The van der Waals surface area contributed by atoms with Gasteiger partial charge in [0.05, 0.1) is 12.6 Å². The van der Waals surface area contributed by atoms with Crippen molar-refractivity contribution in [3.63, 3.8) is 0 Å². The van der Waals surface area contributed by atoms with E-state index in [0.717, 1.165) is 36.8 Å². The van der Waals surface area contributed by atoms with Gasteiger partial charge in [-0.2, -0.15) is 0 Å². The van der Waals surface area contributed by atoms with Gasteiger partial charge in [-0.25, -0.2) is 0 Å². The van der Waals surface area contributed by atoms with E-state index in [1.165, 1.54) is 44.1 Å². The Hall–Kier alpha value is -0.650. The van der Waals surface area contributed by atoms with Crippen molar-refractivity contribution in [2.75, 3.05) is 6.54 Å². The zero-order chi connectivity index (χ0) is 18.1. The molecule has 0 aromatic carbocycles. The number of hydrogen-bond donors (Lipinski definition) is 3. The lowest BCUT2D eigenvalue weighted by Crippen LogP contribution is -2.52. The van der Waals surface area contributed by atoms with Crippen LogP contribution in [0.3, 0.4) is 0 Å². The molecule has 3 atom stereocenters. The van der Waals surface area contributed by atoms with Crippen molar-refractivity contribution in [2.24, 2.45) is 11.7 Å². The summed E-state index contributed by atoms with van der Waals surface area (Å²) >= 11 is 0. The summed E-state index contributed by atoms with van der Waals surface area (Å²) in [6.07, 6.45) is 15.9. The van der Waals surface area contributed by atoms with Crippen LogP contribution in [-0.4, -0.2) is 34.8 Å². The van der Waals surface area contributed by atoms with Gasteiger partial charge in [0, 0.05) is 5.57 Å². The summed E-state index contributed by atoms with van der Waals surface area (Å²) in [7, 11) is 0. The molecule has 5 heteroatoms. The van der Waals surface area contributed by atoms with Crippen LogP contribution in [0.5, 0.6) is 0 Å². The number of rotatable bonds is 2. The van der Waals surface area contributed by atoms with E-state index in [1.54, 1.807) is 0 Å². The van der Waals surface area contributed by atoms with Crippen molar-refractivity contribution < 1.29 is 14.9 Å². The summed E-state index contributed by atoms with van der Waals surface area (Å²) in [6.45, 7) is 0.0258. The van der Waals surface area contributed by atoms with Gasteiger partial charge in [-0.1, -0.05) is 43.4 Å². The highest BCUT2D eigenvalue weighted by Crippen LogP contribution is 2.44. The Morgan fingerprint density at radius 1 is 1.04 bits per heavy atom. The first-order chi connectivity index (χ1) is 12.6. The molecule has 4 rings (SSSR count). The topological polar surface area (TPSA) is 75.7 Å². The van der Waals surface area contributed by atoms with Gasteiger partial charge in [0.1, 0.15) is 6.10 Å². The molecule has 2 fully saturated rings. The third kappa shape index (κ3) is 4.06. The maximum Gasteiger partial charge on any atom is 0.205 e. The number of nitrogens with two attached hydrogens (primary N) is 1. The predicted octanol–water partition coefficient (Wildman–Crippen LogP) is 3.91. The van der Waals surface area contributed by atoms with Gasteiger partial charge in [-0.15, -0.1) is 12.4 Å². The van der Waals surface area contributed by atoms with Gasteiger partial charge in [-0.05, 0) is 62.0 Å². The Morgan fingerprint density at radius 2 is 1.70 bits per heavy atom. The minimum atomic E-state index is -1.46. The molecule has 4 nitrogen and oxygen atoms in total. The van der Waals surface area contributed by atoms with Crippen LogP contribution in [0, 0.1) is 5.92 Å². The van der Waals surface area contributed by atoms with Gasteiger partial charge >= 0.3 is 0 Å². The minimum absolute atomic E-state index is 0. The molecule has 2 saturated carbocycles. The first kappa shape index (κ1) is 21.1. The van der Waals surface area contributed by atoms with Crippen LogP contribution in [-0.2, 0) is 4.74 Å². The van der Waals surface area contributed by atoms with Gasteiger partial charge in [0.25, 0.3) is 0 Å². The number of ether oxygens (including phenoxy) is 1. The standard InChI is InChI=1S/C22H33NO3.ClH/c23-14-22(25)19-12-11-17(15-7-3-1-4-8-15)21(24)18(19)13-20(26-22)16-9-5-2-6-10-16;/h11-12,16,20-21,24-25H,1-10,13-14,23H2;1H/t20-,21?,22-;/m1./s1. The summed E-state index contributed by atoms with van der Waals surface area (Å²) < 4.78 is 6.16. The lowest BCUT2D eigenvalue weighted by atomic mass is 9.75. The molecule has 0 bridgehead atoms. The van der Waals surface area contributed by atoms with Crippen LogP contribution < -0.4 is 5.73 Å². The molecule has 1 heterocycles. The molecule has 27 heavy (non-hydrogen) atoms. The van der Waals surface area contributed by atoms with Crippen LogP contribution in [0.15, 0.2) is 34.4 Å². The summed E-state index contributed by atoms with van der Waals surface area (Å²) in [5.74, 6) is -1.00. The number of halogens is 1. The van der Waals surface area contributed by atoms with Crippen molar-refractivity contribution in [1.82, 2.24) is 0 Å². The third-order valence-electron chi connectivity index (χ3n) is 6.91. The first-order valence-corrected chi connectivity index (χ1v) is 10.5. The fourth-order valence-electron chi connectivity index (χ4n) is 5.39. The van der Waals surface area contributed by atoms with Crippen molar-refractivity contribution in [1.29, 1.82) is 0 Å².